The second-order valence-electron chi connectivity index (χ2n) is 11.4. The third-order valence-electron chi connectivity index (χ3n) is 10.4. The van der Waals surface area contributed by atoms with Crippen molar-refractivity contribution in [2.24, 2.45) is 50.3 Å². The van der Waals surface area contributed by atoms with E-state index in [1.807, 2.05) is 30.3 Å². The van der Waals surface area contributed by atoms with Crippen LogP contribution in [0, 0.1) is 28.6 Å². The highest BCUT2D eigenvalue weighted by molar-refractivity contribution is 5.86. The minimum atomic E-state index is -0.974. The Balaban J connectivity index is 1.45. The van der Waals surface area contributed by atoms with Gasteiger partial charge in [0.15, 0.2) is 0 Å². The Hall–Kier alpha value is -1.92. The summed E-state index contributed by atoms with van der Waals surface area (Å²) in [5, 5.41) is 32.5. The van der Waals surface area contributed by atoms with E-state index in [9.17, 15) is 10.2 Å². The molecule has 32 heavy (non-hydrogen) atoms. The summed E-state index contributed by atoms with van der Waals surface area (Å²) in [5.41, 5.74) is 10.8. The number of hydrogen-bond donors (Lipinski definition) is 4. The zero-order chi connectivity index (χ0) is 22.8. The fourth-order valence-corrected chi connectivity index (χ4v) is 8.44. The standard InChI is InChI=1S/C26H38N4O2/c1-23-12-10-19(29-30-22(27)28)16-18(23)8-9-21-20(23)11-13-24(2)25(31,14-15-26(21,24)32)17-6-4-3-5-7-17/h3-7,18,20-21,31-32H,8-16H2,1-2H3,(H4,27,28,30)/b29-19+/t18-,20+,21-,23+,24-,25+,26+/m1/s1. The summed E-state index contributed by atoms with van der Waals surface area (Å²) in [5.74, 6) is 1.27. The molecule has 4 aliphatic rings. The Labute approximate surface area is 191 Å². The molecule has 6 heteroatoms. The van der Waals surface area contributed by atoms with Gasteiger partial charge in [0.1, 0.15) is 0 Å². The van der Waals surface area contributed by atoms with Gasteiger partial charge in [-0.05, 0) is 86.5 Å². The number of benzene rings is 1. The monoisotopic (exact) mass is 438 g/mol. The average molecular weight is 439 g/mol. The number of rotatable bonds is 2. The summed E-state index contributed by atoms with van der Waals surface area (Å²) in [6.45, 7) is 4.59. The molecule has 1 aromatic carbocycles. The van der Waals surface area contributed by atoms with E-state index < -0.39 is 16.6 Å². The van der Waals surface area contributed by atoms with Crippen LogP contribution in [0.2, 0.25) is 0 Å². The highest BCUT2D eigenvalue weighted by Gasteiger charge is 2.71. The molecule has 4 aliphatic carbocycles. The Bertz CT molecular complexity index is 944. The van der Waals surface area contributed by atoms with Crippen molar-refractivity contribution in [1.82, 2.24) is 0 Å². The summed E-state index contributed by atoms with van der Waals surface area (Å²) in [7, 11) is 0. The number of guanidine groups is 1. The van der Waals surface area contributed by atoms with Gasteiger partial charge in [-0.25, -0.2) is 0 Å². The van der Waals surface area contributed by atoms with Gasteiger partial charge >= 0.3 is 0 Å². The molecule has 4 fully saturated rings. The van der Waals surface area contributed by atoms with Gasteiger partial charge in [0.05, 0.1) is 11.2 Å². The minimum Gasteiger partial charge on any atom is -0.389 e. The molecule has 0 saturated heterocycles. The van der Waals surface area contributed by atoms with E-state index in [4.69, 9.17) is 11.5 Å². The van der Waals surface area contributed by atoms with Gasteiger partial charge in [-0.1, -0.05) is 44.2 Å². The van der Waals surface area contributed by atoms with Crippen molar-refractivity contribution in [3.05, 3.63) is 35.9 Å². The van der Waals surface area contributed by atoms with Crippen LogP contribution in [0.3, 0.4) is 0 Å². The molecule has 0 amide bonds. The van der Waals surface area contributed by atoms with E-state index in [1.165, 1.54) is 0 Å². The maximum Gasteiger partial charge on any atom is 0.211 e. The van der Waals surface area contributed by atoms with E-state index in [0.717, 1.165) is 56.2 Å². The van der Waals surface area contributed by atoms with Crippen molar-refractivity contribution in [2.75, 3.05) is 0 Å². The molecule has 0 aliphatic heterocycles. The predicted octanol–water partition coefficient (Wildman–Crippen LogP) is 3.66. The molecule has 0 heterocycles. The second kappa shape index (κ2) is 7.29. The summed E-state index contributed by atoms with van der Waals surface area (Å²) >= 11 is 0. The van der Waals surface area contributed by atoms with Crippen molar-refractivity contribution in [3.8, 4) is 0 Å². The third-order valence-corrected chi connectivity index (χ3v) is 10.4. The van der Waals surface area contributed by atoms with Crippen molar-refractivity contribution in [3.63, 3.8) is 0 Å². The van der Waals surface area contributed by atoms with E-state index in [0.29, 0.717) is 24.7 Å². The highest BCUT2D eigenvalue weighted by atomic mass is 16.3. The smallest absolute Gasteiger partial charge is 0.211 e. The summed E-state index contributed by atoms with van der Waals surface area (Å²) in [6, 6.07) is 10.0. The quantitative estimate of drug-likeness (QED) is 0.320. The molecule has 7 atom stereocenters. The van der Waals surface area contributed by atoms with Crippen LogP contribution < -0.4 is 11.5 Å². The lowest BCUT2D eigenvalue weighted by molar-refractivity contribution is -0.233. The van der Waals surface area contributed by atoms with Crippen LogP contribution in [0.25, 0.3) is 0 Å². The van der Waals surface area contributed by atoms with E-state index >= 15 is 0 Å². The van der Waals surface area contributed by atoms with Crippen molar-refractivity contribution in [1.29, 1.82) is 0 Å². The third kappa shape index (κ3) is 2.84. The first-order valence-corrected chi connectivity index (χ1v) is 12.3. The molecule has 6 nitrogen and oxygen atoms in total. The average Bonchev–Trinajstić information content (AvgIpc) is 3.00. The first-order chi connectivity index (χ1) is 15.1. The predicted molar refractivity (Wildman–Crippen MR) is 127 cm³/mol. The second-order valence-corrected chi connectivity index (χ2v) is 11.4. The van der Waals surface area contributed by atoms with Crippen LogP contribution in [-0.4, -0.2) is 27.5 Å². The van der Waals surface area contributed by atoms with Crippen molar-refractivity contribution >= 4 is 11.7 Å². The lowest BCUT2D eigenvalue weighted by Gasteiger charge is -2.64. The first-order valence-electron chi connectivity index (χ1n) is 12.3. The molecule has 174 valence electrons. The molecule has 5 rings (SSSR count). The molecule has 6 N–H and O–H groups in total. The largest absolute Gasteiger partial charge is 0.389 e. The van der Waals surface area contributed by atoms with Crippen molar-refractivity contribution < 1.29 is 10.2 Å². The van der Waals surface area contributed by atoms with Crippen LogP contribution >= 0.6 is 0 Å². The SMILES string of the molecule is C[C@]12CC/C(=N\N=C(N)N)C[C@H]1CC[C@@H]1[C@@H]2CC[C@]2(C)[C@@](O)(c3ccccc3)CC[C@]12O. The molecular weight excluding hydrogens is 400 g/mol. The number of hydrogen-bond acceptors (Lipinski definition) is 4. The number of fused-ring (bicyclic) bond motifs is 5. The van der Waals surface area contributed by atoms with Crippen LogP contribution in [0.4, 0.5) is 0 Å². The summed E-state index contributed by atoms with van der Waals surface area (Å²) < 4.78 is 0. The zero-order valence-electron chi connectivity index (χ0n) is 19.4. The lowest BCUT2D eigenvalue weighted by Crippen LogP contribution is -2.64. The van der Waals surface area contributed by atoms with Gasteiger partial charge in [-0.2, -0.15) is 5.10 Å². The van der Waals surface area contributed by atoms with Crippen LogP contribution in [0.1, 0.15) is 77.2 Å². The molecule has 0 radical (unpaired) electrons. The number of nitrogens with zero attached hydrogens (tertiary/aromatic N) is 2. The minimum absolute atomic E-state index is 0.00969. The molecule has 0 bridgehead atoms. The van der Waals surface area contributed by atoms with Crippen molar-refractivity contribution in [2.45, 2.75) is 82.8 Å². The lowest BCUT2D eigenvalue weighted by atomic mass is 9.43. The maximum absolute atomic E-state index is 12.3. The molecular formula is C26H38N4O2. The number of aliphatic hydroxyl groups is 2. The Morgan fingerprint density at radius 2 is 1.69 bits per heavy atom. The zero-order valence-corrected chi connectivity index (χ0v) is 19.4. The van der Waals surface area contributed by atoms with Crippen LogP contribution in [-0.2, 0) is 5.60 Å². The molecule has 0 aromatic heterocycles. The summed E-state index contributed by atoms with van der Waals surface area (Å²) in [6.07, 6.45) is 8.23. The fraction of sp³-hybridized carbons (Fsp3) is 0.692. The fourth-order valence-electron chi connectivity index (χ4n) is 8.44. The highest BCUT2D eigenvalue weighted by Crippen LogP contribution is 2.71. The molecule has 4 saturated carbocycles. The van der Waals surface area contributed by atoms with Gasteiger partial charge in [-0.15, -0.1) is 5.10 Å². The topological polar surface area (TPSA) is 117 Å². The first kappa shape index (κ1) is 21.9. The molecule has 0 unspecified atom stereocenters. The Kier molecular flexibility index (Phi) is 4.99. The molecule has 0 spiro atoms. The van der Waals surface area contributed by atoms with Crippen LogP contribution in [0.5, 0.6) is 0 Å². The van der Waals surface area contributed by atoms with E-state index in [2.05, 4.69) is 24.1 Å². The molecule has 1 aromatic rings. The van der Waals surface area contributed by atoms with E-state index in [-0.39, 0.29) is 17.3 Å². The van der Waals surface area contributed by atoms with Gasteiger partial charge in [-0.3, -0.25) is 0 Å². The van der Waals surface area contributed by atoms with Gasteiger partial charge < -0.3 is 21.7 Å². The van der Waals surface area contributed by atoms with Gasteiger partial charge in [0.2, 0.25) is 5.96 Å². The van der Waals surface area contributed by atoms with Crippen LogP contribution in [0.15, 0.2) is 40.5 Å². The van der Waals surface area contributed by atoms with Gasteiger partial charge in [0.25, 0.3) is 0 Å². The Morgan fingerprint density at radius 1 is 0.938 bits per heavy atom. The van der Waals surface area contributed by atoms with Gasteiger partial charge in [0, 0.05) is 11.1 Å². The normalized spacial score (nSPS) is 46.8. The summed E-state index contributed by atoms with van der Waals surface area (Å²) in [4.78, 5) is 0. The van der Waals surface area contributed by atoms with E-state index in [1.54, 1.807) is 0 Å². The maximum atomic E-state index is 12.3. The number of nitrogens with two attached hydrogens (primary N) is 2. The Morgan fingerprint density at radius 3 is 2.41 bits per heavy atom.